The van der Waals surface area contributed by atoms with Crippen LogP contribution in [0.25, 0.3) is 0 Å². The largest absolute Gasteiger partial charge is 0.382 e. The lowest BCUT2D eigenvalue weighted by Crippen LogP contribution is -2.52. The summed E-state index contributed by atoms with van der Waals surface area (Å²) in [7, 11) is 0. The van der Waals surface area contributed by atoms with Crippen molar-refractivity contribution in [2.24, 2.45) is 11.7 Å². The molecule has 154 valence electrons. The van der Waals surface area contributed by atoms with Gasteiger partial charge in [-0.05, 0) is 24.5 Å². The van der Waals surface area contributed by atoms with Crippen molar-refractivity contribution in [1.29, 1.82) is 0 Å². The summed E-state index contributed by atoms with van der Waals surface area (Å²) in [6, 6.07) is 15.2. The predicted octanol–water partition coefficient (Wildman–Crippen LogP) is 0.233. The Morgan fingerprint density at radius 1 is 0.931 bits per heavy atom. The van der Waals surface area contributed by atoms with Crippen LogP contribution in [0.3, 0.4) is 0 Å². The van der Waals surface area contributed by atoms with Crippen molar-refractivity contribution in [1.82, 2.24) is 10.8 Å². The standard InChI is InChI=1S/C21H25N3O5/c1-13-7-9-15(10-8-13)11-16(18(25)21(28)24-29)20(27)23-17(19(22)26)12-14-5-3-2-4-6-14/h2-10,16-18,25,29H,11-12H2,1H3,(H2,22,26)(H,23,27)(H,24,28)/t16-,17?,18+/m1/s1. The second-order valence-electron chi connectivity index (χ2n) is 6.87. The molecule has 0 spiro atoms. The fourth-order valence-corrected chi connectivity index (χ4v) is 2.93. The summed E-state index contributed by atoms with van der Waals surface area (Å²) in [6.07, 6.45) is -1.62. The molecule has 0 radical (unpaired) electrons. The topological polar surface area (TPSA) is 142 Å². The zero-order valence-corrected chi connectivity index (χ0v) is 16.0. The van der Waals surface area contributed by atoms with Gasteiger partial charge in [0.25, 0.3) is 5.91 Å². The van der Waals surface area contributed by atoms with E-state index in [1.807, 2.05) is 25.1 Å². The first-order valence-electron chi connectivity index (χ1n) is 9.13. The summed E-state index contributed by atoms with van der Waals surface area (Å²) >= 11 is 0. The minimum Gasteiger partial charge on any atom is -0.382 e. The van der Waals surface area contributed by atoms with Crippen LogP contribution in [0.2, 0.25) is 0 Å². The van der Waals surface area contributed by atoms with Crippen molar-refractivity contribution < 1.29 is 24.7 Å². The number of rotatable bonds is 9. The van der Waals surface area contributed by atoms with E-state index < -0.39 is 35.8 Å². The SMILES string of the molecule is Cc1ccc(C[C@@H](C(=O)NC(Cc2ccccc2)C(N)=O)[C@H](O)C(=O)NO)cc1. The van der Waals surface area contributed by atoms with Crippen molar-refractivity contribution in [2.45, 2.75) is 31.9 Å². The number of benzene rings is 2. The molecule has 0 aliphatic carbocycles. The average molecular weight is 399 g/mol. The van der Waals surface area contributed by atoms with E-state index >= 15 is 0 Å². The van der Waals surface area contributed by atoms with Gasteiger partial charge in [-0.15, -0.1) is 0 Å². The van der Waals surface area contributed by atoms with E-state index in [1.54, 1.807) is 36.4 Å². The van der Waals surface area contributed by atoms with Gasteiger partial charge in [0.1, 0.15) is 12.1 Å². The molecule has 2 rings (SSSR count). The number of nitrogens with two attached hydrogens (primary N) is 1. The molecule has 2 aromatic carbocycles. The number of aryl methyl sites for hydroxylation is 1. The summed E-state index contributed by atoms with van der Waals surface area (Å²) in [5, 5.41) is 21.6. The molecule has 8 heteroatoms. The normalized spacial score (nSPS) is 13.8. The van der Waals surface area contributed by atoms with Crippen LogP contribution < -0.4 is 16.5 Å². The van der Waals surface area contributed by atoms with Crippen LogP contribution >= 0.6 is 0 Å². The van der Waals surface area contributed by atoms with Crippen molar-refractivity contribution in [3.05, 3.63) is 71.3 Å². The molecule has 0 aliphatic heterocycles. The van der Waals surface area contributed by atoms with Gasteiger partial charge in [-0.25, -0.2) is 5.48 Å². The lowest BCUT2D eigenvalue weighted by atomic mass is 9.91. The van der Waals surface area contributed by atoms with Gasteiger partial charge < -0.3 is 16.2 Å². The highest BCUT2D eigenvalue weighted by atomic mass is 16.5. The van der Waals surface area contributed by atoms with E-state index in [2.05, 4.69) is 5.32 Å². The van der Waals surface area contributed by atoms with Crippen molar-refractivity contribution in [3.63, 3.8) is 0 Å². The van der Waals surface area contributed by atoms with E-state index in [9.17, 15) is 19.5 Å². The van der Waals surface area contributed by atoms with E-state index in [0.29, 0.717) is 5.56 Å². The smallest absolute Gasteiger partial charge is 0.272 e. The van der Waals surface area contributed by atoms with Crippen LogP contribution in [0, 0.1) is 12.8 Å². The number of hydroxylamine groups is 1. The summed E-state index contributed by atoms with van der Waals surface area (Å²) < 4.78 is 0. The molecular weight excluding hydrogens is 374 g/mol. The van der Waals surface area contributed by atoms with Gasteiger partial charge in [0, 0.05) is 6.42 Å². The second kappa shape index (κ2) is 10.4. The number of aliphatic hydroxyl groups excluding tert-OH is 1. The summed E-state index contributed by atoms with van der Waals surface area (Å²) in [6.45, 7) is 1.91. The van der Waals surface area contributed by atoms with Gasteiger partial charge in [-0.3, -0.25) is 19.6 Å². The number of carbonyl (C=O) groups excluding carboxylic acids is 3. The van der Waals surface area contributed by atoms with Crippen LogP contribution in [0.4, 0.5) is 0 Å². The summed E-state index contributed by atoms with van der Waals surface area (Å²) in [4.78, 5) is 36.4. The van der Waals surface area contributed by atoms with E-state index in [0.717, 1.165) is 11.1 Å². The molecule has 2 aromatic rings. The Labute approximate surface area is 168 Å². The van der Waals surface area contributed by atoms with Crippen LogP contribution in [0.5, 0.6) is 0 Å². The van der Waals surface area contributed by atoms with Crippen LogP contribution in [0.15, 0.2) is 54.6 Å². The number of primary amides is 1. The molecule has 0 aromatic heterocycles. The minimum absolute atomic E-state index is 0.0253. The van der Waals surface area contributed by atoms with Gasteiger partial charge >= 0.3 is 0 Å². The number of aliphatic hydroxyl groups is 1. The monoisotopic (exact) mass is 399 g/mol. The Morgan fingerprint density at radius 3 is 2.07 bits per heavy atom. The second-order valence-corrected chi connectivity index (χ2v) is 6.87. The van der Waals surface area contributed by atoms with Gasteiger partial charge in [0.05, 0.1) is 5.92 Å². The minimum atomic E-state index is -1.81. The molecule has 3 atom stereocenters. The molecule has 0 saturated carbocycles. The summed E-state index contributed by atoms with van der Waals surface area (Å²) in [5.41, 5.74) is 9.29. The van der Waals surface area contributed by atoms with E-state index in [-0.39, 0.29) is 12.8 Å². The number of amides is 3. The molecular formula is C21H25N3O5. The molecule has 0 fully saturated rings. The van der Waals surface area contributed by atoms with Crippen LogP contribution in [-0.2, 0) is 27.2 Å². The maximum Gasteiger partial charge on any atom is 0.272 e. The Balaban J connectivity index is 2.20. The van der Waals surface area contributed by atoms with Crippen molar-refractivity contribution in [3.8, 4) is 0 Å². The number of carbonyl (C=O) groups is 3. The molecule has 0 aliphatic rings. The molecule has 0 heterocycles. The molecule has 3 amide bonds. The van der Waals surface area contributed by atoms with Gasteiger partial charge in [0.15, 0.2) is 0 Å². The first-order chi connectivity index (χ1) is 13.8. The fourth-order valence-electron chi connectivity index (χ4n) is 2.93. The highest BCUT2D eigenvalue weighted by Gasteiger charge is 2.34. The lowest BCUT2D eigenvalue weighted by molar-refractivity contribution is -0.146. The molecule has 1 unspecified atom stereocenters. The third-order valence-corrected chi connectivity index (χ3v) is 4.62. The van der Waals surface area contributed by atoms with Gasteiger partial charge in [0.2, 0.25) is 11.8 Å². The van der Waals surface area contributed by atoms with Crippen molar-refractivity contribution in [2.75, 3.05) is 0 Å². The zero-order valence-electron chi connectivity index (χ0n) is 16.0. The number of nitrogens with one attached hydrogen (secondary N) is 2. The van der Waals surface area contributed by atoms with Gasteiger partial charge in [-0.1, -0.05) is 60.2 Å². The first-order valence-corrected chi connectivity index (χ1v) is 9.13. The molecule has 29 heavy (non-hydrogen) atoms. The van der Waals surface area contributed by atoms with E-state index in [1.165, 1.54) is 5.48 Å². The molecule has 6 N–H and O–H groups in total. The maximum atomic E-state index is 12.8. The lowest BCUT2D eigenvalue weighted by Gasteiger charge is -2.24. The summed E-state index contributed by atoms with van der Waals surface area (Å²) in [5.74, 6) is -3.81. The Kier molecular flexibility index (Phi) is 7.88. The molecule has 0 saturated heterocycles. The van der Waals surface area contributed by atoms with Crippen molar-refractivity contribution >= 4 is 17.7 Å². The third kappa shape index (κ3) is 6.41. The Bertz CT molecular complexity index is 839. The Hall–Kier alpha value is -3.23. The highest BCUT2D eigenvalue weighted by Crippen LogP contribution is 2.16. The quantitative estimate of drug-likeness (QED) is 0.303. The maximum absolute atomic E-state index is 12.8. The van der Waals surface area contributed by atoms with Gasteiger partial charge in [-0.2, -0.15) is 0 Å². The number of hydrogen-bond acceptors (Lipinski definition) is 5. The zero-order chi connectivity index (χ0) is 21.4. The number of hydrogen-bond donors (Lipinski definition) is 5. The highest BCUT2D eigenvalue weighted by molar-refractivity contribution is 5.92. The fraction of sp³-hybridized carbons (Fsp3) is 0.286. The van der Waals surface area contributed by atoms with E-state index in [4.69, 9.17) is 10.9 Å². The first kappa shape index (κ1) is 22.1. The molecule has 0 bridgehead atoms. The molecule has 8 nitrogen and oxygen atoms in total. The van der Waals surface area contributed by atoms with Crippen LogP contribution in [-0.4, -0.2) is 40.2 Å². The Morgan fingerprint density at radius 2 is 1.52 bits per heavy atom. The average Bonchev–Trinajstić information content (AvgIpc) is 2.72. The van der Waals surface area contributed by atoms with Crippen LogP contribution in [0.1, 0.15) is 16.7 Å². The predicted molar refractivity (Wildman–Crippen MR) is 106 cm³/mol. The third-order valence-electron chi connectivity index (χ3n) is 4.62.